The molecular formula is C11H17BO5S. The van der Waals surface area contributed by atoms with E-state index in [4.69, 9.17) is 14.8 Å². The van der Waals surface area contributed by atoms with Crippen molar-refractivity contribution in [2.45, 2.75) is 13.3 Å². The summed E-state index contributed by atoms with van der Waals surface area (Å²) in [7, 11) is -4.72. The summed E-state index contributed by atoms with van der Waals surface area (Å²) in [5, 5.41) is 18.2. The first-order valence-corrected chi connectivity index (χ1v) is 7.56. The lowest BCUT2D eigenvalue weighted by atomic mass is 9.80. The van der Waals surface area contributed by atoms with Crippen LogP contribution in [0.1, 0.15) is 13.3 Å². The minimum Gasteiger partial charge on any atom is -0.493 e. The monoisotopic (exact) mass is 272 g/mol. The molecule has 0 amide bonds. The third-order valence-corrected chi connectivity index (χ3v) is 4.18. The van der Waals surface area contributed by atoms with Crippen LogP contribution < -0.4 is 10.2 Å². The van der Waals surface area contributed by atoms with Gasteiger partial charge in [-0.05, 0) is 12.5 Å². The Morgan fingerprint density at radius 2 is 1.89 bits per heavy atom. The van der Waals surface area contributed by atoms with E-state index in [1.807, 2.05) is 0 Å². The second-order valence-corrected chi connectivity index (χ2v) is 6.22. The Kier molecular flexibility index (Phi) is 5.65. The fourth-order valence-corrected chi connectivity index (χ4v) is 2.68. The predicted octanol–water partition coefficient (Wildman–Crippen LogP) is -0.430. The number of hydrogen-bond acceptors (Lipinski definition) is 5. The van der Waals surface area contributed by atoms with Crippen molar-refractivity contribution in [3.05, 3.63) is 24.3 Å². The quantitative estimate of drug-likeness (QED) is 0.658. The summed E-state index contributed by atoms with van der Waals surface area (Å²) >= 11 is 0. The van der Waals surface area contributed by atoms with E-state index in [1.54, 1.807) is 25.1 Å². The number of rotatable bonds is 7. The summed E-state index contributed by atoms with van der Waals surface area (Å²) in [6, 6.07) is 6.42. The Morgan fingerprint density at radius 3 is 2.50 bits per heavy atom. The third-order valence-electron chi connectivity index (χ3n) is 2.36. The number of sulfone groups is 1. The Morgan fingerprint density at radius 1 is 1.22 bits per heavy atom. The zero-order valence-corrected chi connectivity index (χ0v) is 11.1. The van der Waals surface area contributed by atoms with Gasteiger partial charge in [0.25, 0.3) is 0 Å². The predicted molar refractivity (Wildman–Crippen MR) is 70.7 cm³/mol. The van der Waals surface area contributed by atoms with E-state index >= 15 is 0 Å². The molecule has 2 N–H and O–H groups in total. The van der Waals surface area contributed by atoms with Crippen LogP contribution in [0, 0.1) is 0 Å². The Balaban J connectivity index is 2.59. The minimum atomic E-state index is -3.08. The highest BCUT2D eigenvalue weighted by atomic mass is 32.2. The fourth-order valence-electron chi connectivity index (χ4n) is 1.52. The van der Waals surface area contributed by atoms with E-state index in [0.717, 1.165) is 0 Å². The van der Waals surface area contributed by atoms with Crippen molar-refractivity contribution in [1.29, 1.82) is 0 Å². The lowest BCUT2D eigenvalue weighted by Gasteiger charge is -2.10. The zero-order chi connectivity index (χ0) is 13.6. The molecule has 0 aliphatic heterocycles. The molecule has 0 heterocycles. The molecule has 0 aromatic heterocycles. The molecular weight excluding hydrogens is 255 g/mol. The molecule has 0 aliphatic carbocycles. The maximum Gasteiger partial charge on any atom is 0.492 e. The summed E-state index contributed by atoms with van der Waals surface area (Å²) < 4.78 is 28.2. The first-order valence-electron chi connectivity index (χ1n) is 5.74. The Labute approximate surface area is 107 Å². The summed E-state index contributed by atoms with van der Waals surface area (Å²) in [5.41, 5.74) is 0.227. The molecule has 5 nitrogen and oxygen atoms in total. The van der Waals surface area contributed by atoms with Gasteiger partial charge in [-0.15, -0.1) is 0 Å². The van der Waals surface area contributed by atoms with Crippen LogP contribution in [0.25, 0.3) is 0 Å². The van der Waals surface area contributed by atoms with Gasteiger partial charge in [-0.25, -0.2) is 8.42 Å². The van der Waals surface area contributed by atoms with Crippen LogP contribution in [0.2, 0.25) is 0 Å². The lowest BCUT2D eigenvalue weighted by Crippen LogP contribution is -2.32. The first-order chi connectivity index (χ1) is 8.46. The van der Waals surface area contributed by atoms with Gasteiger partial charge in [0.2, 0.25) is 0 Å². The summed E-state index contributed by atoms with van der Waals surface area (Å²) in [6.45, 7) is 1.81. The number of para-hydroxylation sites is 1. The van der Waals surface area contributed by atoms with Gasteiger partial charge < -0.3 is 14.8 Å². The molecule has 0 radical (unpaired) electrons. The molecule has 1 aromatic rings. The van der Waals surface area contributed by atoms with Crippen LogP contribution in [0.5, 0.6) is 5.75 Å². The molecule has 0 aliphatic rings. The highest BCUT2D eigenvalue weighted by Gasteiger charge is 2.17. The molecule has 0 saturated heterocycles. The summed E-state index contributed by atoms with van der Waals surface area (Å²) in [6.07, 6.45) is 0.578. The van der Waals surface area contributed by atoms with Gasteiger partial charge in [0.15, 0.2) is 9.84 Å². The molecule has 1 aromatic carbocycles. The van der Waals surface area contributed by atoms with E-state index < -0.39 is 17.0 Å². The number of benzene rings is 1. The molecule has 7 heteroatoms. The topological polar surface area (TPSA) is 83.8 Å². The van der Waals surface area contributed by atoms with Crippen molar-refractivity contribution in [2.75, 3.05) is 18.1 Å². The van der Waals surface area contributed by atoms with Crippen molar-refractivity contribution in [3.63, 3.8) is 0 Å². The van der Waals surface area contributed by atoms with Crippen molar-refractivity contribution in [3.8, 4) is 5.75 Å². The smallest absolute Gasteiger partial charge is 0.492 e. The lowest BCUT2D eigenvalue weighted by molar-refractivity contribution is 0.340. The van der Waals surface area contributed by atoms with Gasteiger partial charge in [0, 0.05) is 5.46 Å². The molecule has 0 bridgehead atoms. The summed E-state index contributed by atoms with van der Waals surface area (Å²) in [5.74, 6) is 0.358. The second-order valence-electron chi connectivity index (χ2n) is 3.91. The van der Waals surface area contributed by atoms with Crippen molar-refractivity contribution in [2.24, 2.45) is 0 Å². The van der Waals surface area contributed by atoms with Gasteiger partial charge in [-0.2, -0.15) is 0 Å². The van der Waals surface area contributed by atoms with Crippen LogP contribution in [0.4, 0.5) is 0 Å². The highest BCUT2D eigenvalue weighted by Crippen LogP contribution is 2.07. The summed E-state index contributed by atoms with van der Waals surface area (Å²) in [4.78, 5) is 0. The van der Waals surface area contributed by atoms with Gasteiger partial charge in [-0.3, -0.25) is 0 Å². The molecule has 1 rings (SSSR count). The van der Waals surface area contributed by atoms with Gasteiger partial charge in [0.05, 0.1) is 11.5 Å². The zero-order valence-electron chi connectivity index (χ0n) is 10.2. The van der Waals surface area contributed by atoms with Gasteiger partial charge in [0.1, 0.15) is 12.4 Å². The third kappa shape index (κ3) is 4.68. The van der Waals surface area contributed by atoms with Crippen LogP contribution in [-0.2, 0) is 9.84 Å². The highest BCUT2D eigenvalue weighted by molar-refractivity contribution is 7.91. The second kappa shape index (κ2) is 6.77. The standard InChI is InChI=1S/C11H17BO5S/c1-2-8-18(15,16)9-7-17-11-6-4-3-5-10(11)12(13)14/h3-6,13-14H,2,7-9H2,1H3. The number of ether oxygens (including phenoxy) is 1. The van der Waals surface area contributed by atoms with Crippen molar-refractivity contribution < 1.29 is 23.2 Å². The van der Waals surface area contributed by atoms with Crippen LogP contribution in [0.15, 0.2) is 24.3 Å². The van der Waals surface area contributed by atoms with Crippen molar-refractivity contribution >= 4 is 22.4 Å². The maximum absolute atomic E-state index is 11.5. The molecule has 0 spiro atoms. The SMILES string of the molecule is CCCS(=O)(=O)CCOc1ccccc1B(O)O. The maximum atomic E-state index is 11.5. The molecule has 0 atom stereocenters. The molecule has 100 valence electrons. The first kappa shape index (κ1) is 15.0. The van der Waals surface area contributed by atoms with Crippen LogP contribution in [-0.4, -0.2) is 43.7 Å². The minimum absolute atomic E-state index is 0.00602. The van der Waals surface area contributed by atoms with Crippen LogP contribution in [0.3, 0.4) is 0 Å². The van der Waals surface area contributed by atoms with E-state index in [0.29, 0.717) is 12.2 Å². The molecule has 0 fully saturated rings. The van der Waals surface area contributed by atoms with Gasteiger partial charge >= 0.3 is 7.12 Å². The number of hydrogen-bond donors (Lipinski definition) is 2. The Hall–Kier alpha value is -1.05. The normalized spacial score (nSPS) is 11.3. The van der Waals surface area contributed by atoms with E-state index in [1.165, 1.54) is 6.07 Å². The molecule has 0 unspecified atom stereocenters. The van der Waals surface area contributed by atoms with E-state index in [9.17, 15) is 8.42 Å². The van der Waals surface area contributed by atoms with E-state index in [2.05, 4.69) is 0 Å². The fraction of sp³-hybridized carbons (Fsp3) is 0.455. The average Bonchev–Trinajstić information content (AvgIpc) is 2.29. The largest absolute Gasteiger partial charge is 0.493 e. The average molecular weight is 272 g/mol. The molecule has 18 heavy (non-hydrogen) atoms. The van der Waals surface area contributed by atoms with Crippen molar-refractivity contribution in [1.82, 2.24) is 0 Å². The molecule has 0 saturated carbocycles. The van der Waals surface area contributed by atoms with E-state index in [-0.39, 0.29) is 23.6 Å². The Bertz CT molecular complexity index is 472. The van der Waals surface area contributed by atoms with Gasteiger partial charge in [-0.1, -0.05) is 25.1 Å². The van der Waals surface area contributed by atoms with Crippen LogP contribution >= 0.6 is 0 Å².